The van der Waals surface area contributed by atoms with Crippen molar-refractivity contribution in [2.75, 3.05) is 6.79 Å². The van der Waals surface area contributed by atoms with Crippen molar-refractivity contribution in [2.24, 2.45) is 11.7 Å². The van der Waals surface area contributed by atoms with Gasteiger partial charge in [-0.15, -0.1) is 10.2 Å². The molecule has 0 saturated heterocycles. The van der Waals surface area contributed by atoms with Crippen LogP contribution in [0.3, 0.4) is 0 Å². The quantitative estimate of drug-likeness (QED) is 0.864. The Morgan fingerprint density at radius 3 is 2.58 bits per heavy atom. The van der Waals surface area contributed by atoms with E-state index < -0.39 is 17.6 Å². The number of fused-ring (bicyclic) bond motifs is 1. The SMILES string of the molecule is CC(C)C(N)C(O)c1nnc(C(C)(C)c2ccc3c(c2)OCO3)o1. The second kappa shape index (κ2) is 6.07. The van der Waals surface area contributed by atoms with E-state index in [-0.39, 0.29) is 18.6 Å². The molecule has 1 aliphatic rings. The lowest BCUT2D eigenvalue weighted by molar-refractivity contribution is 0.0948. The molecule has 3 rings (SSSR count). The van der Waals surface area contributed by atoms with E-state index in [4.69, 9.17) is 19.6 Å². The number of aliphatic hydroxyl groups is 1. The van der Waals surface area contributed by atoms with Crippen molar-refractivity contribution in [3.05, 3.63) is 35.5 Å². The summed E-state index contributed by atoms with van der Waals surface area (Å²) in [6.45, 7) is 8.03. The summed E-state index contributed by atoms with van der Waals surface area (Å²) in [5.74, 6) is 2.06. The van der Waals surface area contributed by atoms with Gasteiger partial charge in [0.05, 0.1) is 5.41 Å². The molecule has 130 valence electrons. The Balaban J connectivity index is 1.88. The summed E-state index contributed by atoms with van der Waals surface area (Å²) in [5.41, 5.74) is 6.38. The number of hydrogen-bond donors (Lipinski definition) is 2. The van der Waals surface area contributed by atoms with Gasteiger partial charge in [-0.2, -0.15) is 0 Å². The molecule has 1 aromatic carbocycles. The first kappa shape index (κ1) is 16.7. The lowest BCUT2D eigenvalue weighted by atomic mass is 9.84. The highest BCUT2D eigenvalue weighted by atomic mass is 16.7. The molecule has 0 radical (unpaired) electrons. The number of rotatable bonds is 5. The molecule has 0 amide bonds. The zero-order valence-corrected chi connectivity index (χ0v) is 14.3. The maximum atomic E-state index is 10.3. The van der Waals surface area contributed by atoms with Crippen LogP contribution >= 0.6 is 0 Å². The number of aliphatic hydroxyl groups excluding tert-OH is 1. The van der Waals surface area contributed by atoms with Crippen LogP contribution in [0.25, 0.3) is 0 Å². The summed E-state index contributed by atoms with van der Waals surface area (Å²) >= 11 is 0. The van der Waals surface area contributed by atoms with Crippen molar-refractivity contribution < 1.29 is 19.0 Å². The van der Waals surface area contributed by atoms with Crippen LogP contribution in [0.1, 0.15) is 51.1 Å². The van der Waals surface area contributed by atoms with Crippen LogP contribution in [0.15, 0.2) is 22.6 Å². The van der Waals surface area contributed by atoms with Crippen molar-refractivity contribution in [1.82, 2.24) is 10.2 Å². The molecule has 0 fully saturated rings. The standard InChI is InChI=1S/C17H23N3O4/c1-9(2)13(18)14(21)15-19-20-16(24-15)17(3,4)10-5-6-11-12(7-10)23-8-22-11/h5-7,9,13-14,21H,8,18H2,1-4H3. The summed E-state index contributed by atoms with van der Waals surface area (Å²) in [6.07, 6.45) is -0.987. The number of ether oxygens (including phenoxy) is 2. The lowest BCUT2D eigenvalue weighted by Gasteiger charge is -2.22. The van der Waals surface area contributed by atoms with E-state index in [2.05, 4.69) is 10.2 Å². The highest BCUT2D eigenvalue weighted by Crippen LogP contribution is 2.39. The van der Waals surface area contributed by atoms with Crippen LogP contribution < -0.4 is 15.2 Å². The Labute approximate surface area is 140 Å². The fraction of sp³-hybridized carbons (Fsp3) is 0.529. The van der Waals surface area contributed by atoms with Crippen LogP contribution in [0.4, 0.5) is 0 Å². The Hall–Kier alpha value is -2.12. The monoisotopic (exact) mass is 333 g/mol. The Kier molecular flexibility index (Phi) is 4.23. The molecule has 7 heteroatoms. The third-order valence-corrected chi connectivity index (χ3v) is 4.46. The minimum absolute atomic E-state index is 0.0946. The third kappa shape index (κ3) is 2.85. The molecular weight excluding hydrogens is 310 g/mol. The third-order valence-electron chi connectivity index (χ3n) is 4.46. The molecule has 2 aromatic rings. The lowest BCUT2D eigenvalue weighted by Crippen LogP contribution is -2.33. The summed E-state index contributed by atoms with van der Waals surface area (Å²) in [4.78, 5) is 0. The van der Waals surface area contributed by atoms with Gasteiger partial charge < -0.3 is 24.7 Å². The predicted octanol–water partition coefficient (Wildman–Crippen LogP) is 2.14. The molecule has 2 heterocycles. The van der Waals surface area contributed by atoms with Gasteiger partial charge in [-0.3, -0.25) is 0 Å². The molecule has 0 spiro atoms. The van der Waals surface area contributed by atoms with E-state index in [0.717, 1.165) is 11.3 Å². The van der Waals surface area contributed by atoms with E-state index in [1.165, 1.54) is 0 Å². The van der Waals surface area contributed by atoms with E-state index in [9.17, 15) is 5.11 Å². The maximum absolute atomic E-state index is 10.3. The zero-order valence-electron chi connectivity index (χ0n) is 14.3. The van der Waals surface area contributed by atoms with E-state index in [1.54, 1.807) is 0 Å². The normalized spacial score (nSPS) is 16.5. The molecule has 3 N–H and O–H groups in total. The van der Waals surface area contributed by atoms with E-state index in [0.29, 0.717) is 11.6 Å². The van der Waals surface area contributed by atoms with Crippen molar-refractivity contribution in [2.45, 2.75) is 45.3 Å². The molecule has 7 nitrogen and oxygen atoms in total. The number of hydrogen-bond acceptors (Lipinski definition) is 7. The first-order chi connectivity index (χ1) is 11.3. The van der Waals surface area contributed by atoms with Crippen LogP contribution in [0.5, 0.6) is 11.5 Å². The number of nitrogens with two attached hydrogens (primary N) is 1. The topological polar surface area (TPSA) is 104 Å². The van der Waals surface area contributed by atoms with Crippen LogP contribution in [-0.4, -0.2) is 28.1 Å². The molecule has 2 unspecified atom stereocenters. The molecule has 0 aliphatic carbocycles. The first-order valence-corrected chi connectivity index (χ1v) is 7.98. The minimum Gasteiger partial charge on any atom is -0.454 e. The fourth-order valence-corrected chi connectivity index (χ4v) is 2.54. The predicted molar refractivity (Wildman–Crippen MR) is 86.8 cm³/mol. The van der Waals surface area contributed by atoms with Crippen LogP contribution in [-0.2, 0) is 5.41 Å². The van der Waals surface area contributed by atoms with Crippen molar-refractivity contribution in [3.63, 3.8) is 0 Å². The van der Waals surface area contributed by atoms with Crippen LogP contribution in [0.2, 0.25) is 0 Å². The van der Waals surface area contributed by atoms with Gasteiger partial charge in [-0.1, -0.05) is 19.9 Å². The molecule has 2 atom stereocenters. The average Bonchev–Trinajstić information content (AvgIpc) is 3.21. The fourth-order valence-electron chi connectivity index (χ4n) is 2.54. The largest absolute Gasteiger partial charge is 0.454 e. The summed E-state index contributed by atoms with van der Waals surface area (Å²) in [5, 5.41) is 18.4. The zero-order chi connectivity index (χ0) is 17.5. The summed E-state index contributed by atoms with van der Waals surface area (Å²) in [6, 6.07) is 5.24. The number of benzene rings is 1. The van der Waals surface area contributed by atoms with Crippen molar-refractivity contribution in [3.8, 4) is 11.5 Å². The van der Waals surface area contributed by atoms with Gasteiger partial charge >= 0.3 is 0 Å². The Morgan fingerprint density at radius 1 is 1.17 bits per heavy atom. The summed E-state index contributed by atoms with van der Waals surface area (Å²) in [7, 11) is 0. The average molecular weight is 333 g/mol. The summed E-state index contributed by atoms with van der Waals surface area (Å²) < 4.78 is 16.5. The van der Waals surface area contributed by atoms with Gasteiger partial charge in [0.2, 0.25) is 18.6 Å². The van der Waals surface area contributed by atoms with Gasteiger partial charge in [-0.25, -0.2) is 0 Å². The smallest absolute Gasteiger partial charge is 0.246 e. The van der Waals surface area contributed by atoms with Gasteiger partial charge in [0.25, 0.3) is 0 Å². The first-order valence-electron chi connectivity index (χ1n) is 7.98. The van der Waals surface area contributed by atoms with Gasteiger partial charge in [0, 0.05) is 6.04 Å². The highest BCUT2D eigenvalue weighted by Gasteiger charge is 2.33. The van der Waals surface area contributed by atoms with Gasteiger partial charge in [-0.05, 0) is 37.5 Å². The molecule has 0 saturated carbocycles. The van der Waals surface area contributed by atoms with Gasteiger partial charge in [0.15, 0.2) is 11.5 Å². The van der Waals surface area contributed by atoms with Crippen molar-refractivity contribution in [1.29, 1.82) is 0 Å². The molecule has 1 aliphatic heterocycles. The van der Waals surface area contributed by atoms with Gasteiger partial charge in [0.1, 0.15) is 6.10 Å². The number of nitrogens with zero attached hydrogens (tertiary/aromatic N) is 2. The molecule has 24 heavy (non-hydrogen) atoms. The maximum Gasteiger partial charge on any atom is 0.246 e. The number of aromatic nitrogens is 2. The molecular formula is C17H23N3O4. The molecule has 0 bridgehead atoms. The Bertz CT molecular complexity index is 726. The van der Waals surface area contributed by atoms with E-state index >= 15 is 0 Å². The Morgan fingerprint density at radius 2 is 1.88 bits per heavy atom. The minimum atomic E-state index is -0.987. The molecule has 1 aromatic heterocycles. The van der Waals surface area contributed by atoms with Crippen molar-refractivity contribution >= 4 is 0 Å². The van der Waals surface area contributed by atoms with E-state index in [1.807, 2.05) is 45.9 Å². The van der Waals surface area contributed by atoms with Crippen LogP contribution in [0, 0.1) is 5.92 Å². The highest BCUT2D eigenvalue weighted by molar-refractivity contribution is 5.47. The second-order valence-corrected chi connectivity index (χ2v) is 6.90. The second-order valence-electron chi connectivity index (χ2n) is 6.90.